The van der Waals surface area contributed by atoms with Crippen LogP contribution in [0.3, 0.4) is 0 Å². The molecule has 2 unspecified atom stereocenters. The van der Waals surface area contributed by atoms with Gasteiger partial charge in [0.1, 0.15) is 0 Å². The summed E-state index contributed by atoms with van der Waals surface area (Å²) in [6, 6.07) is 1.09. The Kier molecular flexibility index (Phi) is 4.18. The number of nitrogens with one attached hydrogen (secondary N) is 1. The van der Waals surface area contributed by atoms with E-state index in [0.29, 0.717) is 12.1 Å². The number of likely N-dealkylation sites (tertiary alicyclic amines) is 1. The summed E-state index contributed by atoms with van der Waals surface area (Å²) in [5.74, 6) is 0. The highest BCUT2D eigenvalue weighted by atomic mass is 15.2. The smallest absolute Gasteiger partial charge is 0.0537 e. The van der Waals surface area contributed by atoms with Crippen LogP contribution in [0.15, 0.2) is 12.4 Å². The van der Waals surface area contributed by atoms with E-state index < -0.39 is 0 Å². The Morgan fingerprint density at radius 2 is 2.29 bits per heavy atom. The van der Waals surface area contributed by atoms with Crippen molar-refractivity contribution in [1.29, 1.82) is 0 Å². The summed E-state index contributed by atoms with van der Waals surface area (Å²) in [6.45, 7) is 4.53. The van der Waals surface area contributed by atoms with Crippen molar-refractivity contribution in [1.82, 2.24) is 20.0 Å². The van der Waals surface area contributed by atoms with Crippen LogP contribution in [-0.2, 0) is 7.05 Å². The van der Waals surface area contributed by atoms with E-state index in [1.54, 1.807) is 0 Å². The summed E-state index contributed by atoms with van der Waals surface area (Å²) in [7, 11) is 4.20. The minimum atomic E-state index is 0.388. The van der Waals surface area contributed by atoms with Crippen LogP contribution in [0.1, 0.15) is 37.8 Å². The Morgan fingerprint density at radius 1 is 1.47 bits per heavy atom. The van der Waals surface area contributed by atoms with Gasteiger partial charge in [-0.05, 0) is 33.4 Å². The van der Waals surface area contributed by atoms with Crippen LogP contribution in [0.2, 0.25) is 0 Å². The minimum absolute atomic E-state index is 0.388. The molecule has 1 aliphatic rings. The molecule has 0 bridgehead atoms. The van der Waals surface area contributed by atoms with E-state index in [4.69, 9.17) is 0 Å². The van der Waals surface area contributed by atoms with Gasteiger partial charge in [-0.1, -0.05) is 6.42 Å². The molecule has 0 spiro atoms. The molecule has 0 radical (unpaired) electrons. The number of nitrogens with zero attached hydrogens (tertiary/aromatic N) is 3. The van der Waals surface area contributed by atoms with Crippen LogP contribution in [0.25, 0.3) is 0 Å². The van der Waals surface area contributed by atoms with Crippen LogP contribution in [0.5, 0.6) is 0 Å². The number of rotatable bonds is 4. The van der Waals surface area contributed by atoms with Gasteiger partial charge in [0.15, 0.2) is 0 Å². The van der Waals surface area contributed by atoms with Crippen molar-refractivity contribution in [3.63, 3.8) is 0 Å². The van der Waals surface area contributed by atoms with Gasteiger partial charge in [0, 0.05) is 37.4 Å². The second-order valence-corrected chi connectivity index (χ2v) is 5.21. The Labute approximate surface area is 104 Å². The van der Waals surface area contributed by atoms with Crippen molar-refractivity contribution in [2.24, 2.45) is 7.05 Å². The average molecular weight is 236 g/mol. The molecule has 1 N–H and O–H groups in total. The maximum Gasteiger partial charge on any atom is 0.0537 e. The van der Waals surface area contributed by atoms with Gasteiger partial charge in [0.2, 0.25) is 0 Å². The Bertz CT molecular complexity index is 347. The molecule has 0 amide bonds. The third kappa shape index (κ3) is 3.30. The molecule has 1 saturated heterocycles. The van der Waals surface area contributed by atoms with E-state index >= 15 is 0 Å². The van der Waals surface area contributed by atoms with E-state index in [-0.39, 0.29) is 0 Å². The SMILES string of the molecule is CC(NCC1CCCCN1C)c1cnn(C)c1. The maximum absolute atomic E-state index is 4.21. The van der Waals surface area contributed by atoms with Gasteiger partial charge in [0.05, 0.1) is 6.20 Å². The summed E-state index contributed by atoms with van der Waals surface area (Å²) in [5, 5.41) is 7.83. The lowest BCUT2D eigenvalue weighted by Gasteiger charge is -2.33. The number of piperidine rings is 1. The first-order valence-electron chi connectivity index (χ1n) is 6.59. The molecule has 2 heterocycles. The second kappa shape index (κ2) is 5.65. The molecule has 0 aromatic carbocycles. The quantitative estimate of drug-likeness (QED) is 0.861. The zero-order valence-corrected chi connectivity index (χ0v) is 11.2. The summed E-state index contributed by atoms with van der Waals surface area (Å²) < 4.78 is 1.86. The van der Waals surface area contributed by atoms with Gasteiger partial charge in [-0.15, -0.1) is 0 Å². The van der Waals surface area contributed by atoms with Crippen LogP contribution < -0.4 is 5.32 Å². The third-order valence-electron chi connectivity index (χ3n) is 3.81. The van der Waals surface area contributed by atoms with Crippen LogP contribution in [0.4, 0.5) is 0 Å². The predicted octanol–water partition coefficient (Wildman–Crippen LogP) is 1.55. The summed E-state index contributed by atoms with van der Waals surface area (Å²) in [5.41, 5.74) is 1.27. The van der Waals surface area contributed by atoms with Gasteiger partial charge in [0.25, 0.3) is 0 Å². The lowest BCUT2D eigenvalue weighted by molar-refractivity contribution is 0.178. The average Bonchev–Trinajstić information content (AvgIpc) is 2.74. The van der Waals surface area contributed by atoms with E-state index in [1.807, 2.05) is 17.9 Å². The van der Waals surface area contributed by atoms with Crippen molar-refractivity contribution >= 4 is 0 Å². The van der Waals surface area contributed by atoms with E-state index in [2.05, 4.69) is 35.5 Å². The van der Waals surface area contributed by atoms with Crippen LogP contribution >= 0.6 is 0 Å². The van der Waals surface area contributed by atoms with Gasteiger partial charge in [-0.25, -0.2) is 0 Å². The van der Waals surface area contributed by atoms with Gasteiger partial charge < -0.3 is 10.2 Å². The van der Waals surface area contributed by atoms with Crippen LogP contribution in [-0.4, -0.2) is 40.9 Å². The van der Waals surface area contributed by atoms with E-state index in [0.717, 1.165) is 6.54 Å². The van der Waals surface area contributed by atoms with Gasteiger partial charge >= 0.3 is 0 Å². The predicted molar refractivity (Wildman–Crippen MR) is 69.9 cm³/mol. The minimum Gasteiger partial charge on any atom is -0.309 e. The lowest BCUT2D eigenvalue weighted by Crippen LogP contribution is -2.43. The molecule has 17 heavy (non-hydrogen) atoms. The topological polar surface area (TPSA) is 33.1 Å². The van der Waals surface area contributed by atoms with E-state index in [9.17, 15) is 0 Å². The molecule has 4 nitrogen and oxygen atoms in total. The molecule has 96 valence electrons. The highest BCUT2D eigenvalue weighted by Gasteiger charge is 2.19. The molecule has 1 fully saturated rings. The molecule has 0 aliphatic carbocycles. The number of aromatic nitrogens is 2. The molecule has 4 heteroatoms. The normalized spacial score (nSPS) is 23.8. The fourth-order valence-corrected chi connectivity index (χ4v) is 2.50. The fraction of sp³-hybridized carbons (Fsp3) is 0.769. The molecule has 0 saturated carbocycles. The highest BCUT2D eigenvalue weighted by molar-refractivity contribution is 5.08. The Hall–Kier alpha value is -0.870. The lowest BCUT2D eigenvalue weighted by atomic mass is 10.0. The summed E-state index contributed by atoms with van der Waals surface area (Å²) in [4.78, 5) is 2.48. The maximum atomic E-state index is 4.21. The molecule has 1 aromatic rings. The van der Waals surface area contributed by atoms with Crippen LogP contribution in [0, 0.1) is 0 Å². The van der Waals surface area contributed by atoms with Crippen molar-refractivity contribution in [3.05, 3.63) is 18.0 Å². The third-order valence-corrected chi connectivity index (χ3v) is 3.81. The first-order chi connectivity index (χ1) is 8.16. The fourth-order valence-electron chi connectivity index (χ4n) is 2.50. The van der Waals surface area contributed by atoms with Crippen molar-refractivity contribution in [2.45, 2.75) is 38.3 Å². The Morgan fingerprint density at radius 3 is 2.94 bits per heavy atom. The monoisotopic (exact) mass is 236 g/mol. The summed E-state index contributed by atoms with van der Waals surface area (Å²) >= 11 is 0. The number of hydrogen-bond acceptors (Lipinski definition) is 3. The second-order valence-electron chi connectivity index (χ2n) is 5.21. The largest absolute Gasteiger partial charge is 0.309 e. The summed E-state index contributed by atoms with van der Waals surface area (Å²) in [6.07, 6.45) is 8.08. The molecule has 1 aliphatic heterocycles. The first kappa shape index (κ1) is 12.6. The van der Waals surface area contributed by atoms with Crippen molar-refractivity contribution in [2.75, 3.05) is 20.1 Å². The first-order valence-corrected chi connectivity index (χ1v) is 6.59. The van der Waals surface area contributed by atoms with Gasteiger partial charge in [-0.2, -0.15) is 5.10 Å². The Balaban J connectivity index is 1.81. The van der Waals surface area contributed by atoms with Crippen molar-refractivity contribution < 1.29 is 0 Å². The number of aryl methyl sites for hydroxylation is 1. The number of likely N-dealkylation sites (N-methyl/N-ethyl adjacent to an activating group) is 1. The van der Waals surface area contributed by atoms with E-state index in [1.165, 1.54) is 31.4 Å². The molecule has 1 aromatic heterocycles. The van der Waals surface area contributed by atoms with Crippen molar-refractivity contribution in [3.8, 4) is 0 Å². The molecular weight excluding hydrogens is 212 g/mol. The zero-order chi connectivity index (χ0) is 12.3. The number of hydrogen-bond donors (Lipinski definition) is 1. The zero-order valence-electron chi connectivity index (χ0n) is 11.2. The molecule has 2 atom stereocenters. The molecular formula is C13H24N4. The standard InChI is InChI=1S/C13H24N4/c1-11(12-8-15-17(3)10-12)14-9-13-6-4-5-7-16(13)2/h8,10-11,13-14H,4-7,9H2,1-3H3. The highest BCUT2D eigenvalue weighted by Crippen LogP contribution is 2.16. The van der Waals surface area contributed by atoms with Gasteiger partial charge in [-0.3, -0.25) is 4.68 Å². The molecule has 2 rings (SSSR count).